The molecule has 0 bridgehead atoms. The third-order valence-corrected chi connectivity index (χ3v) is 7.10. The van der Waals surface area contributed by atoms with Gasteiger partial charge in [0, 0.05) is 29.9 Å². The highest BCUT2D eigenvalue weighted by molar-refractivity contribution is 7.90. The standard InChI is InChI=1S/C22H23ClFN3O3S/c1-31(29,30)20-11-26-19-7-2-12(13-9-17(23)22(28)18(24)10-13)8-16(19)21(20)27-15-5-3-14(25)4-6-15/h2,7-11,14-15,28H,3-6,25H2,1H3,(H,26,27). The van der Waals surface area contributed by atoms with E-state index in [2.05, 4.69) is 10.3 Å². The summed E-state index contributed by atoms with van der Waals surface area (Å²) in [4.78, 5) is 4.43. The van der Waals surface area contributed by atoms with Crippen LogP contribution in [0, 0.1) is 5.82 Å². The van der Waals surface area contributed by atoms with Crippen LogP contribution < -0.4 is 11.1 Å². The SMILES string of the molecule is CS(=O)(=O)c1cnc2ccc(-c3cc(F)c(O)c(Cl)c3)cc2c1NC1CCC(N)CC1. The number of hydrogen-bond donors (Lipinski definition) is 3. The van der Waals surface area contributed by atoms with E-state index < -0.39 is 21.4 Å². The van der Waals surface area contributed by atoms with Gasteiger partial charge in [0.25, 0.3) is 0 Å². The number of rotatable bonds is 4. The molecule has 31 heavy (non-hydrogen) atoms. The number of phenolic OH excluding ortho intramolecular Hbond substituents is 1. The van der Waals surface area contributed by atoms with Gasteiger partial charge in [-0.2, -0.15) is 0 Å². The molecule has 4 rings (SSSR count). The molecule has 0 saturated heterocycles. The lowest BCUT2D eigenvalue weighted by Crippen LogP contribution is -2.33. The van der Waals surface area contributed by atoms with E-state index in [-0.39, 0.29) is 22.0 Å². The first kappa shape index (κ1) is 21.8. The van der Waals surface area contributed by atoms with Crippen LogP contribution in [0.1, 0.15) is 25.7 Å². The zero-order chi connectivity index (χ0) is 22.3. The molecule has 4 N–H and O–H groups in total. The smallest absolute Gasteiger partial charge is 0.179 e. The van der Waals surface area contributed by atoms with Crippen LogP contribution in [0.2, 0.25) is 5.02 Å². The van der Waals surface area contributed by atoms with Crippen molar-refractivity contribution in [3.8, 4) is 16.9 Å². The predicted molar refractivity (Wildman–Crippen MR) is 121 cm³/mol. The first-order chi connectivity index (χ1) is 14.6. The third kappa shape index (κ3) is 4.46. The number of fused-ring (bicyclic) bond motifs is 1. The van der Waals surface area contributed by atoms with E-state index in [0.29, 0.717) is 27.7 Å². The Morgan fingerprint density at radius 1 is 1.16 bits per heavy atom. The second kappa shape index (κ2) is 8.26. The number of halogens is 2. The molecule has 0 amide bonds. The van der Waals surface area contributed by atoms with Crippen molar-refractivity contribution in [2.75, 3.05) is 11.6 Å². The highest BCUT2D eigenvalue weighted by atomic mass is 35.5. The minimum Gasteiger partial charge on any atom is -0.504 e. The molecule has 0 spiro atoms. The van der Waals surface area contributed by atoms with E-state index in [9.17, 15) is 17.9 Å². The Morgan fingerprint density at radius 3 is 2.52 bits per heavy atom. The first-order valence-corrected chi connectivity index (χ1v) is 12.2. The van der Waals surface area contributed by atoms with Gasteiger partial charge in [-0.05, 0) is 61.1 Å². The average Bonchev–Trinajstić information content (AvgIpc) is 2.72. The van der Waals surface area contributed by atoms with E-state index in [1.54, 1.807) is 18.2 Å². The monoisotopic (exact) mass is 463 g/mol. The van der Waals surface area contributed by atoms with Gasteiger partial charge < -0.3 is 16.2 Å². The Bertz CT molecular complexity index is 1240. The van der Waals surface area contributed by atoms with Crippen LogP contribution in [0.3, 0.4) is 0 Å². The number of pyridine rings is 1. The summed E-state index contributed by atoms with van der Waals surface area (Å²) in [5, 5.41) is 13.5. The van der Waals surface area contributed by atoms with Crippen molar-refractivity contribution in [2.24, 2.45) is 5.73 Å². The summed E-state index contributed by atoms with van der Waals surface area (Å²) in [6.45, 7) is 0. The van der Waals surface area contributed by atoms with Gasteiger partial charge in [-0.15, -0.1) is 0 Å². The Morgan fingerprint density at radius 2 is 1.87 bits per heavy atom. The van der Waals surface area contributed by atoms with Gasteiger partial charge in [0.15, 0.2) is 21.4 Å². The molecule has 1 saturated carbocycles. The molecule has 0 atom stereocenters. The molecule has 2 aromatic carbocycles. The number of nitrogens with one attached hydrogen (secondary N) is 1. The van der Waals surface area contributed by atoms with Gasteiger partial charge in [-0.3, -0.25) is 4.98 Å². The van der Waals surface area contributed by atoms with Crippen LogP contribution >= 0.6 is 11.6 Å². The lowest BCUT2D eigenvalue weighted by Gasteiger charge is -2.28. The summed E-state index contributed by atoms with van der Waals surface area (Å²) in [6, 6.07) is 8.17. The molecule has 164 valence electrons. The molecule has 1 aliphatic carbocycles. The van der Waals surface area contributed by atoms with E-state index in [0.717, 1.165) is 31.9 Å². The zero-order valence-corrected chi connectivity index (χ0v) is 18.5. The highest BCUT2D eigenvalue weighted by Crippen LogP contribution is 2.37. The second-order valence-corrected chi connectivity index (χ2v) is 10.4. The summed E-state index contributed by atoms with van der Waals surface area (Å²) in [5.74, 6) is -1.44. The minimum atomic E-state index is -3.55. The number of aromatic nitrogens is 1. The van der Waals surface area contributed by atoms with Gasteiger partial charge >= 0.3 is 0 Å². The minimum absolute atomic E-state index is 0.0927. The van der Waals surface area contributed by atoms with Crippen molar-refractivity contribution in [3.63, 3.8) is 0 Å². The van der Waals surface area contributed by atoms with Crippen LogP contribution in [0.4, 0.5) is 10.1 Å². The zero-order valence-electron chi connectivity index (χ0n) is 16.9. The molecular weight excluding hydrogens is 441 g/mol. The van der Waals surface area contributed by atoms with Gasteiger partial charge in [-0.1, -0.05) is 17.7 Å². The maximum absolute atomic E-state index is 14.0. The Hall–Kier alpha value is -2.42. The van der Waals surface area contributed by atoms with Crippen LogP contribution in [0.25, 0.3) is 22.0 Å². The van der Waals surface area contributed by atoms with Crippen molar-refractivity contribution >= 4 is 38.0 Å². The topological polar surface area (TPSA) is 105 Å². The van der Waals surface area contributed by atoms with Crippen LogP contribution in [0.5, 0.6) is 5.75 Å². The molecule has 1 heterocycles. The van der Waals surface area contributed by atoms with Gasteiger partial charge in [0.05, 0.1) is 16.2 Å². The first-order valence-electron chi connectivity index (χ1n) is 9.97. The quantitative estimate of drug-likeness (QED) is 0.526. The number of nitrogens with two attached hydrogens (primary N) is 1. The van der Waals surface area contributed by atoms with Crippen LogP contribution in [-0.4, -0.2) is 36.8 Å². The molecular formula is C22H23ClFN3O3S. The van der Waals surface area contributed by atoms with Gasteiger partial charge in [0.1, 0.15) is 4.90 Å². The normalized spacial score (nSPS) is 19.5. The summed E-state index contributed by atoms with van der Waals surface area (Å²) in [5.41, 5.74) is 8.18. The molecule has 6 nitrogen and oxygen atoms in total. The van der Waals surface area contributed by atoms with Crippen LogP contribution in [-0.2, 0) is 9.84 Å². The summed E-state index contributed by atoms with van der Waals surface area (Å²) >= 11 is 5.94. The number of sulfone groups is 1. The van der Waals surface area contributed by atoms with Gasteiger partial charge in [0.2, 0.25) is 0 Å². The molecule has 0 aliphatic heterocycles. The number of anilines is 1. The molecule has 0 unspecified atom stereocenters. The van der Waals surface area contributed by atoms with E-state index in [1.165, 1.54) is 18.3 Å². The van der Waals surface area contributed by atoms with Crippen molar-refractivity contribution < 1.29 is 17.9 Å². The number of hydrogen-bond acceptors (Lipinski definition) is 6. The fourth-order valence-electron chi connectivity index (χ4n) is 3.98. The maximum Gasteiger partial charge on any atom is 0.179 e. The molecule has 9 heteroatoms. The van der Waals surface area contributed by atoms with Gasteiger partial charge in [-0.25, -0.2) is 12.8 Å². The highest BCUT2D eigenvalue weighted by Gasteiger charge is 2.23. The molecule has 0 radical (unpaired) electrons. The Balaban J connectivity index is 1.87. The number of phenols is 1. The van der Waals surface area contributed by atoms with Crippen molar-refractivity contribution in [1.29, 1.82) is 0 Å². The third-order valence-electron chi connectivity index (χ3n) is 5.70. The largest absolute Gasteiger partial charge is 0.504 e. The van der Waals surface area contributed by atoms with E-state index >= 15 is 0 Å². The lowest BCUT2D eigenvalue weighted by atomic mass is 9.91. The number of nitrogens with zero attached hydrogens (tertiary/aromatic N) is 1. The summed E-state index contributed by atoms with van der Waals surface area (Å²) < 4.78 is 39.0. The number of benzene rings is 2. The molecule has 1 aliphatic rings. The van der Waals surface area contributed by atoms with Crippen molar-refractivity contribution in [3.05, 3.63) is 47.4 Å². The second-order valence-electron chi connectivity index (χ2n) is 8.05. The number of aromatic hydroxyl groups is 1. The average molecular weight is 464 g/mol. The summed E-state index contributed by atoms with van der Waals surface area (Å²) in [6.07, 6.45) is 5.93. The van der Waals surface area contributed by atoms with E-state index in [4.69, 9.17) is 17.3 Å². The fourth-order valence-corrected chi connectivity index (χ4v) is 4.98. The van der Waals surface area contributed by atoms with Crippen LogP contribution in [0.15, 0.2) is 41.4 Å². The Kier molecular flexibility index (Phi) is 5.81. The summed E-state index contributed by atoms with van der Waals surface area (Å²) in [7, 11) is -3.55. The Labute approximate surface area is 185 Å². The lowest BCUT2D eigenvalue weighted by molar-refractivity contribution is 0.411. The predicted octanol–water partition coefficient (Wildman–Crippen LogP) is 4.49. The molecule has 1 aromatic heterocycles. The molecule has 3 aromatic rings. The van der Waals surface area contributed by atoms with Crippen molar-refractivity contribution in [1.82, 2.24) is 4.98 Å². The molecule has 1 fully saturated rings. The van der Waals surface area contributed by atoms with Crippen molar-refractivity contribution in [2.45, 2.75) is 42.7 Å². The maximum atomic E-state index is 14.0. The van der Waals surface area contributed by atoms with E-state index in [1.807, 2.05) is 0 Å². The fraction of sp³-hybridized carbons (Fsp3) is 0.318.